The van der Waals surface area contributed by atoms with Gasteiger partial charge in [-0.2, -0.15) is 0 Å². The van der Waals surface area contributed by atoms with Crippen molar-refractivity contribution in [3.8, 4) is 0 Å². The lowest BCUT2D eigenvalue weighted by Crippen LogP contribution is -2.38. The maximum atomic E-state index is 13.0. The van der Waals surface area contributed by atoms with Gasteiger partial charge in [0.1, 0.15) is 0 Å². The van der Waals surface area contributed by atoms with Crippen LogP contribution in [0.2, 0.25) is 0 Å². The molecule has 132 valence electrons. The number of carbonyl (C=O) groups excluding carboxylic acids is 1. The highest BCUT2D eigenvalue weighted by Gasteiger charge is 2.53. The minimum Gasteiger partial charge on any atom is -0.337 e. The van der Waals surface area contributed by atoms with Gasteiger partial charge in [-0.1, -0.05) is 0 Å². The lowest BCUT2D eigenvalue weighted by Gasteiger charge is -2.25. The second kappa shape index (κ2) is 5.81. The SMILES string of the molecule is CN(C)[C@H]1CS(=O)(=O)[C@H]2CN(C(=O)c3csc4c3CCCC4)C[C@@H]12. The normalized spacial score (nSPS) is 31.3. The fourth-order valence-corrected chi connectivity index (χ4v) is 8.17. The summed E-state index contributed by atoms with van der Waals surface area (Å²) < 4.78 is 25.0. The molecule has 5 nitrogen and oxygen atoms in total. The number of rotatable bonds is 2. The Balaban J connectivity index is 1.59. The number of carbonyl (C=O) groups is 1. The Kier molecular flexibility index (Phi) is 4.01. The van der Waals surface area contributed by atoms with E-state index in [4.69, 9.17) is 0 Å². The van der Waals surface area contributed by atoms with Gasteiger partial charge in [0.05, 0.1) is 16.6 Å². The van der Waals surface area contributed by atoms with Gasteiger partial charge in [-0.15, -0.1) is 11.3 Å². The molecule has 0 saturated carbocycles. The minimum atomic E-state index is -3.10. The predicted octanol–water partition coefficient (Wildman–Crippen LogP) is 1.43. The molecule has 1 aliphatic carbocycles. The van der Waals surface area contributed by atoms with E-state index in [0.29, 0.717) is 13.1 Å². The third-order valence-corrected chi connectivity index (χ3v) is 9.23. The summed E-state index contributed by atoms with van der Waals surface area (Å²) in [5, 5.41) is 1.60. The zero-order valence-corrected chi connectivity index (χ0v) is 15.8. The van der Waals surface area contributed by atoms with E-state index < -0.39 is 9.84 Å². The van der Waals surface area contributed by atoms with E-state index in [2.05, 4.69) is 0 Å². The first kappa shape index (κ1) is 16.5. The van der Waals surface area contributed by atoms with Gasteiger partial charge in [0.2, 0.25) is 0 Å². The summed E-state index contributed by atoms with van der Waals surface area (Å²) in [7, 11) is 0.762. The molecule has 7 heteroatoms. The van der Waals surface area contributed by atoms with Crippen LogP contribution in [0.25, 0.3) is 0 Å². The molecular weight excluding hydrogens is 344 g/mol. The summed E-state index contributed by atoms with van der Waals surface area (Å²) >= 11 is 1.69. The van der Waals surface area contributed by atoms with Crippen LogP contribution >= 0.6 is 11.3 Å². The molecule has 4 rings (SSSR count). The Morgan fingerprint density at radius 1 is 1.25 bits per heavy atom. The number of nitrogens with zero attached hydrogens (tertiary/aromatic N) is 2. The van der Waals surface area contributed by atoms with Gasteiger partial charge in [0.15, 0.2) is 9.84 Å². The highest BCUT2D eigenvalue weighted by Crippen LogP contribution is 2.38. The Bertz CT molecular complexity index is 769. The number of likely N-dealkylation sites (tertiary alicyclic amines) is 1. The molecule has 1 aromatic rings. The fourth-order valence-electron chi connectivity index (χ4n) is 4.58. The molecule has 0 bridgehead atoms. The Hall–Kier alpha value is -0.920. The first-order valence-electron chi connectivity index (χ1n) is 8.65. The highest BCUT2D eigenvalue weighted by molar-refractivity contribution is 7.92. The molecule has 2 fully saturated rings. The lowest BCUT2D eigenvalue weighted by atomic mass is 9.95. The van der Waals surface area contributed by atoms with Crippen LogP contribution in [0.5, 0.6) is 0 Å². The molecule has 1 amide bonds. The first-order chi connectivity index (χ1) is 11.4. The third-order valence-electron chi connectivity index (χ3n) is 5.91. The second-order valence-corrected chi connectivity index (χ2v) is 10.8. The average molecular weight is 369 g/mol. The van der Waals surface area contributed by atoms with E-state index in [9.17, 15) is 13.2 Å². The van der Waals surface area contributed by atoms with Crippen molar-refractivity contribution in [1.82, 2.24) is 9.80 Å². The zero-order valence-electron chi connectivity index (χ0n) is 14.2. The molecule has 0 radical (unpaired) electrons. The number of hydrogen-bond donors (Lipinski definition) is 0. The topological polar surface area (TPSA) is 57.7 Å². The van der Waals surface area contributed by atoms with Gasteiger partial charge >= 0.3 is 0 Å². The number of amides is 1. The van der Waals surface area contributed by atoms with Crippen LogP contribution in [-0.2, 0) is 22.7 Å². The van der Waals surface area contributed by atoms with Crippen LogP contribution in [0.15, 0.2) is 5.38 Å². The molecule has 2 saturated heterocycles. The third kappa shape index (κ3) is 2.52. The molecule has 2 aliphatic heterocycles. The molecule has 3 atom stereocenters. The molecule has 1 aromatic heterocycles. The molecular formula is C17H24N2O3S2. The van der Waals surface area contributed by atoms with Gasteiger partial charge in [-0.25, -0.2) is 8.42 Å². The summed E-state index contributed by atoms with van der Waals surface area (Å²) in [6.07, 6.45) is 4.42. The van der Waals surface area contributed by atoms with Crippen molar-refractivity contribution < 1.29 is 13.2 Å². The summed E-state index contributed by atoms with van der Waals surface area (Å²) in [6, 6.07) is 0.0224. The first-order valence-corrected chi connectivity index (χ1v) is 11.2. The molecule has 3 aliphatic rings. The monoisotopic (exact) mass is 368 g/mol. The van der Waals surface area contributed by atoms with Crippen LogP contribution in [0.4, 0.5) is 0 Å². The number of fused-ring (bicyclic) bond motifs is 2. The number of hydrogen-bond acceptors (Lipinski definition) is 5. The van der Waals surface area contributed by atoms with Crippen molar-refractivity contribution in [2.24, 2.45) is 5.92 Å². The molecule has 0 aromatic carbocycles. The van der Waals surface area contributed by atoms with E-state index in [1.807, 2.05) is 24.4 Å². The smallest absolute Gasteiger partial charge is 0.255 e. The largest absolute Gasteiger partial charge is 0.337 e. The van der Waals surface area contributed by atoms with Gasteiger partial charge in [-0.3, -0.25) is 4.79 Å². The van der Waals surface area contributed by atoms with Gasteiger partial charge < -0.3 is 9.80 Å². The maximum absolute atomic E-state index is 13.0. The fraction of sp³-hybridized carbons (Fsp3) is 0.706. The molecule has 3 heterocycles. The van der Waals surface area contributed by atoms with Gasteiger partial charge in [0.25, 0.3) is 5.91 Å². The summed E-state index contributed by atoms with van der Waals surface area (Å²) in [4.78, 5) is 18.2. The Labute approximate surface area is 147 Å². The summed E-state index contributed by atoms with van der Waals surface area (Å²) in [5.41, 5.74) is 2.05. The molecule has 0 unspecified atom stereocenters. The number of thiophene rings is 1. The second-order valence-electron chi connectivity index (χ2n) is 7.53. The lowest BCUT2D eigenvalue weighted by molar-refractivity contribution is 0.0779. The van der Waals surface area contributed by atoms with Gasteiger partial charge in [-0.05, 0) is 45.3 Å². The molecule has 24 heavy (non-hydrogen) atoms. The van der Waals surface area contributed by atoms with Crippen molar-refractivity contribution in [2.45, 2.75) is 37.0 Å². The number of aryl methyl sites for hydroxylation is 1. The van der Waals surface area contributed by atoms with E-state index in [1.165, 1.54) is 16.9 Å². The standard InChI is InChI=1S/C17H24N2O3S2/c1-18(2)14-10-24(21,22)16-8-19(7-12(14)16)17(20)13-9-23-15-6-4-3-5-11(13)15/h9,12,14,16H,3-8,10H2,1-2H3/t12-,14-,16-/m0/s1. The van der Waals surface area contributed by atoms with Crippen LogP contribution in [0.3, 0.4) is 0 Å². The maximum Gasteiger partial charge on any atom is 0.255 e. The van der Waals surface area contributed by atoms with Crippen LogP contribution in [0.1, 0.15) is 33.6 Å². The molecule has 0 spiro atoms. The van der Waals surface area contributed by atoms with E-state index in [1.54, 1.807) is 16.2 Å². The van der Waals surface area contributed by atoms with E-state index >= 15 is 0 Å². The van der Waals surface area contributed by atoms with Crippen LogP contribution < -0.4 is 0 Å². The van der Waals surface area contributed by atoms with Crippen molar-refractivity contribution in [2.75, 3.05) is 32.9 Å². The van der Waals surface area contributed by atoms with Crippen molar-refractivity contribution in [3.63, 3.8) is 0 Å². The minimum absolute atomic E-state index is 0.0224. The van der Waals surface area contributed by atoms with Crippen molar-refractivity contribution in [1.29, 1.82) is 0 Å². The predicted molar refractivity (Wildman–Crippen MR) is 95.4 cm³/mol. The summed E-state index contributed by atoms with van der Waals surface area (Å²) in [5.74, 6) is 0.311. The van der Waals surface area contributed by atoms with Crippen LogP contribution in [-0.4, -0.2) is 68.4 Å². The van der Waals surface area contributed by atoms with Crippen molar-refractivity contribution in [3.05, 3.63) is 21.4 Å². The Morgan fingerprint density at radius 2 is 2.00 bits per heavy atom. The molecule has 0 N–H and O–H groups in total. The summed E-state index contributed by atoms with van der Waals surface area (Å²) in [6.45, 7) is 0.928. The zero-order chi connectivity index (χ0) is 17.1. The van der Waals surface area contributed by atoms with Crippen LogP contribution in [0, 0.1) is 5.92 Å². The number of sulfone groups is 1. The van der Waals surface area contributed by atoms with Gasteiger partial charge in [0, 0.05) is 35.3 Å². The highest BCUT2D eigenvalue weighted by atomic mass is 32.2. The van der Waals surface area contributed by atoms with E-state index in [0.717, 1.165) is 24.8 Å². The van der Waals surface area contributed by atoms with Crippen molar-refractivity contribution >= 4 is 27.1 Å². The average Bonchev–Trinajstić information content (AvgIpc) is 3.21. The quantitative estimate of drug-likeness (QED) is 0.792. The Morgan fingerprint density at radius 3 is 2.75 bits per heavy atom. The van der Waals surface area contributed by atoms with E-state index in [-0.39, 0.29) is 28.9 Å².